The average Bonchev–Trinajstić information content (AvgIpc) is 3.22. The van der Waals surface area contributed by atoms with Gasteiger partial charge in [-0.3, -0.25) is 9.59 Å². The Kier molecular flexibility index (Phi) is 6.17. The maximum absolute atomic E-state index is 14.1. The quantitative estimate of drug-likeness (QED) is 0.366. The summed E-state index contributed by atoms with van der Waals surface area (Å²) >= 11 is 6.35. The van der Waals surface area contributed by atoms with E-state index >= 15 is 0 Å². The number of methoxy groups -OCH3 is 1. The van der Waals surface area contributed by atoms with Crippen molar-refractivity contribution in [1.29, 1.82) is 5.26 Å². The van der Waals surface area contributed by atoms with E-state index in [9.17, 15) is 19.2 Å². The largest absolute Gasteiger partial charge is 0.495 e. The van der Waals surface area contributed by atoms with Crippen LogP contribution < -0.4 is 24.7 Å². The number of ether oxygens (including phenoxy) is 3. The van der Waals surface area contributed by atoms with Crippen molar-refractivity contribution in [3.8, 4) is 34.6 Å². The third-order valence-electron chi connectivity index (χ3n) is 6.06. The molecule has 1 aromatic heterocycles. The molecule has 4 aromatic rings. The molecule has 0 saturated heterocycles. The Morgan fingerprint density at radius 3 is 2.68 bits per heavy atom. The summed E-state index contributed by atoms with van der Waals surface area (Å²) in [7, 11) is 2.94. The van der Waals surface area contributed by atoms with Crippen molar-refractivity contribution in [2.45, 2.75) is 19.5 Å². The van der Waals surface area contributed by atoms with Crippen molar-refractivity contribution < 1.29 is 23.4 Å². The zero-order valence-electron chi connectivity index (χ0n) is 20.5. The summed E-state index contributed by atoms with van der Waals surface area (Å²) in [6.45, 7) is 0.724. The van der Waals surface area contributed by atoms with Gasteiger partial charge in [-0.15, -0.1) is 0 Å². The molecule has 0 N–H and O–H groups in total. The number of nitrogens with zero attached hydrogens (tertiary/aromatic N) is 4. The Labute approximate surface area is 221 Å². The summed E-state index contributed by atoms with van der Waals surface area (Å²) in [6.07, 6.45) is 0. The number of likely N-dealkylation sites (N-methyl/N-ethyl adjacent to an activating group) is 1. The summed E-state index contributed by atoms with van der Waals surface area (Å²) in [6, 6.07) is 14.1. The number of rotatable bonds is 5. The van der Waals surface area contributed by atoms with Gasteiger partial charge in [0.05, 0.1) is 34.8 Å². The second-order valence-corrected chi connectivity index (χ2v) is 9.07. The number of aromatic nitrogens is 2. The number of benzene rings is 3. The van der Waals surface area contributed by atoms with Gasteiger partial charge in [0.15, 0.2) is 11.5 Å². The molecule has 5 rings (SSSR count). The third-order valence-corrected chi connectivity index (χ3v) is 6.35. The summed E-state index contributed by atoms with van der Waals surface area (Å²) in [5, 5.41) is 14.8. The van der Waals surface area contributed by atoms with Crippen molar-refractivity contribution in [3.63, 3.8) is 0 Å². The monoisotopic (exact) mass is 534 g/mol. The number of amides is 1. The lowest BCUT2D eigenvalue weighted by Gasteiger charge is -2.19. The van der Waals surface area contributed by atoms with Gasteiger partial charge in [0.1, 0.15) is 12.3 Å². The van der Waals surface area contributed by atoms with Crippen LogP contribution in [-0.4, -0.2) is 35.9 Å². The van der Waals surface area contributed by atoms with Crippen LogP contribution in [0.1, 0.15) is 12.5 Å². The van der Waals surface area contributed by atoms with Crippen molar-refractivity contribution in [2.75, 3.05) is 19.1 Å². The molecular formula is C27H20ClFN4O5. The number of alkyl halides is 1. The molecule has 192 valence electrons. The molecule has 1 atom stereocenters. The Morgan fingerprint density at radius 2 is 1.95 bits per heavy atom. The van der Waals surface area contributed by atoms with Gasteiger partial charge in [-0.25, -0.2) is 4.68 Å². The summed E-state index contributed by atoms with van der Waals surface area (Å²) in [5.41, 5.74) is 1.20. The Bertz CT molecular complexity index is 1710. The average molecular weight is 535 g/mol. The highest BCUT2D eigenvalue weighted by Crippen LogP contribution is 2.42. The van der Waals surface area contributed by atoms with Crippen LogP contribution in [0.5, 0.6) is 17.2 Å². The van der Waals surface area contributed by atoms with E-state index in [4.69, 9.17) is 25.8 Å². The molecule has 11 heteroatoms. The van der Waals surface area contributed by atoms with Crippen LogP contribution in [0.2, 0.25) is 5.02 Å². The lowest BCUT2D eigenvalue weighted by molar-refractivity contribution is -0.173. The van der Waals surface area contributed by atoms with Crippen LogP contribution in [0.15, 0.2) is 59.4 Å². The van der Waals surface area contributed by atoms with Gasteiger partial charge in [-0.1, -0.05) is 23.7 Å². The second kappa shape index (κ2) is 9.36. The van der Waals surface area contributed by atoms with Gasteiger partial charge in [0, 0.05) is 36.7 Å². The van der Waals surface area contributed by atoms with Crippen LogP contribution in [0.3, 0.4) is 0 Å². The SMILES string of the molecule is COc1cc2c(=O)n(CC(=O)N(C)c3ccc4c(c3)OC(C)(F)O4)nc(-c3cccc(C#N)c3)c2cc1Cl. The summed E-state index contributed by atoms with van der Waals surface area (Å²) in [5.74, 6) is 0.175. The molecule has 0 saturated carbocycles. The van der Waals surface area contributed by atoms with Gasteiger partial charge in [-0.2, -0.15) is 14.8 Å². The second-order valence-electron chi connectivity index (χ2n) is 8.66. The molecule has 9 nitrogen and oxygen atoms in total. The van der Waals surface area contributed by atoms with Crippen LogP contribution in [-0.2, 0) is 11.3 Å². The van der Waals surface area contributed by atoms with E-state index in [-0.39, 0.29) is 27.7 Å². The highest BCUT2D eigenvalue weighted by atomic mass is 35.5. The standard InChI is InChI=1S/C27H20ClFN4O5/c1-27(29)37-21-8-7-17(10-23(21)38-27)32(2)24(34)14-33-26(35)19-12-22(36-3)20(28)11-18(19)25(31-33)16-6-4-5-15(9-16)13-30/h4-12H,14H2,1-3H3. The minimum atomic E-state index is -2.30. The Hall–Kier alpha value is -4.62. The van der Waals surface area contributed by atoms with Gasteiger partial charge >= 0.3 is 6.04 Å². The molecule has 0 radical (unpaired) electrons. The fraction of sp³-hybridized carbons (Fsp3) is 0.185. The first-order valence-electron chi connectivity index (χ1n) is 11.4. The van der Waals surface area contributed by atoms with E-state index < -0.39 is 24.1 Å². The van der Waals surface area contributed by atoms with E-state index in [0.717, 1.165) is 11.6 Å². The van der Waals surface area contributed by atoms with E-state index in [0.29, 0.717) is 27.9 Å². The Morgan fingerprint density at radius 1 is 1.18 bits per heavy atom. The normalized spacial score (nSPS) is 15.8. The number of hydrogen-bond acceptors (Lipinski definition) is 7. The third kappa shape index (κ3) is 4.48. The lowest BCUT2D eigenvalue weighted by atomic mass is 10.0. The fourth-order valence-electron chi connectivity index (χ4n) is 4.16. The molecule has 1 aliphatic rings. The molecule has 2 heterocycles. The maximum Gasteiger partial charge on any atom is 0.404 e. The highest BCUT2D eigenvalue weighted by molar-refractivity contribution is 6.33. The van der Waals surface area contributed by atoms with Crippen molar-refractivity contribution in [1.82, 2.24) is 9.78 Å². The molecule has 1 aliphatic heterocycles. The molecule has 38 heavy (non-hydrogen) atoms. The van der Waals surface area contributed by atoms with E-state index in [2.05, 4.69) is 11.2 Å². The van der Waals surface area contributed by atoms with E-state index in [1.807, 2.05) is 0 Å². The molecule has 0 aliphatic carbocycles. The van der Waals surface area contributed by atoms with Gasteiger partial charge in [-0.05, 0) is 36.4 Å². The number of halogens is 2. The molecule has 0 bridgehead atoms. The molecule has 0 fully saturated rings. The topological polar surface area (TPSA) is 107 Å². The highest BCUT2D eigenvalue weighted by Gasteiger charge is 2.37. The Balaban J connectivity index is 1.57. The van der Waals surface area contributed by atoms with Crippen molar-refractivity contribution in [2.24, 2.45) is 0 Å². The smallest absolute Gasteiger partial charge is 0.404 e. The first kappa shape index (κ1) is 25.0. The minimum absolute atomic E-state index is 0.150. The lowest BCUT2D eigenvalue weighted by Crippen LogP contribution is -2.35. The zero-order chi connectivity index (χ0) is 27.2. The van der Waals surface area contributed by atoms with Crippen LogP contribution in [0, 0.1) is 11.3 Å². The summed E-state index contributed by atoms with van der Waals surface area (Å²) < 4.78 is 30.6. The fourth-order valence-corrected chi connectivity index (χ4v) is 4.40. The molecule has 0 spiro atoms. The van der Waals surface area contributed by atoms with Crippen molar-refractivity contribution in [3.05, 3.63) is 75.5 Å². The van der Waals surface area contributed by atoms with Crippen LogP contribution in [0.25, 0.3) is 22.0 Å². The molecule has 1 amide bonds. The summed E-state index contributed by atoms with van der Waals surface area (Å²) in [4.78, 5) is 28.0. The number of carbonyl (C=O) groups excluding carboxylic acids is 1. The molecule has 3 aromatic carbocycles. The van der Waals surface area contributed by atoms with Crippen LogP contribution >= 0.6 is 11.6 Å². The first-order valence-corrected chi connectivity index (χ1v) is 11.7. The van der Waals surface area contributed by atoms with Gasteiger partial charge in [0.2, 0.25) is 5.91 Å². The van der Waals surface area contributed by atoms with E-state index in [1.54, 1.807) is 36.4 Å². The minimum Gasteiger partial charge on any atom is -0.495 e. The predicted octanol–water partition coefficient (Wildman–Crippen LogP) is 4.67. The number of fused-ring (bicyclic) bond motifs is 2. The van der Waals surface area contributed by atoms with Crippen molar-refractivity contribution >= 4 is 34.0 Å². The zero-order valence-corrected chi connectivity index (χ0v) is 21.2. The number of nitriles is 1. The first-order chi connectivity index (χ1) is 18.1. The number of carbonyl (C=O) groups is 1. The number of anilines is 1. The molecular weight excluding hydrogens is 515 g/mol. The van der Waals surface area contributed by atoms with Gasteiger partial charge < -0.3 is 19.1 Å². The number of hydrogen-bond donors (Lipinski definition) is 0. The molecule has 1 unspecified atom stereocenters. The maximum atomic E-state index is 14.1. The predicted molar refractivity (Wildman–Crippen MR) is 138 cm³/mol. The van der Waals surface area contributed by atoms with Gasteiger partial charge in [0.25, 0.3) is 5.56 Å². The van der Waals surface area contributed by atoms with Crippen LogP contribution in [0.4, 0.5) is 10.1 Å². The van der Waals surface area contributed by atoms with E-state index in [1.165, 1.54) is 37.3 Å².